The highest BCUT2D eigenvalue weighted by Gasteiger charge is 2.04. The third-order valence-electron chi connectivity index (χ3n) is 3.89. The van der Waals surface area contributed by atoms with Crippen molar-refractivity contribution in [2.45, 2.75) is 66.7 Å². The van der Waals surface area contributed by atoms with E-state index >= 15 is 0 Å². The summed E-state index contributed by atoms with van der Waals surface area (Å²) in [5.74, 6) is 0.563. The normalized spacial score (nSPS) is 14.3. The number of rotatable bonds is 8. The molecule has 0 saturated carbocycles. The first-order valence-corrected chi connectivity index (χ1v) is 8.39. The SMILES string of the molecule is CCCCC/C(C)=N/C(=C\C(C)CC)c1ccc(C)cc1. The van der Waals surface area contributed by atoms with Crippen LogP contribution in [-0.4, -0.2) is 5.71 Å². The first-order chi connectivity index (χ1) is 10.1. The number of nitrogens with zero attached hydrogens (tertiary/aromatic N) is 1. The third-order valence-corrected chi connectivity index (χ3v) is 3.89. The predicted octanol–water partition coefficient (Wildman–Crippen LogP) is 6.42. The molecule has 1 heteroatoms. The first kappa shape index (κ1) is 17.7. The zero-order valence-corrected chi connectivity index (χ0v) is 14.4. The Morgan fingerprint density at radius 2 is 1.81 bits per heavy atom. The van der Waals surface area contributed by atoms with Crippen molar-refractivity contribution >= 4 is 11.4 Å². The second-order valence-corrected chi connectivity index (χ2v) is 6.11. The molecule has 0 aliphatic heterocycles. The van der Waals surface area contributed by atoms with Gasteiger partial charge in [-0.05, 0) is 38.2 Å². The summed E-state index contributed by atoms with van der Waals surface area (Å²) < 4.78 is 0. The van der Waals surface area contributed by atoms with Gasteiger partial charge >= 0.3 is 0 Å². The lowest BCUT2D eigenvalue weighted by Crippen LogP contribution is -1.95. The molecule has 0 aromatic heterocycles. The molecule has 1 nitrogen and oxygen atoms in total. The van der Waals surface area contributed by atoms with E-state index in [0.29, 0.717) is 5.92 Å². The molecule has 0 bridgehead atoms. The number of benzene rings is 1. The van der Waals surface area contributed by atoms with Gasteiger partial charge in [0.1, 0.15) is 0 Å². The second kappa shape index (κ2) is 9.55. The average molecular weight is 285 g/mol. The molecule has 1 aromatic carbocycles. The Morgan fingerprint density at radius 3 is 2.38 bits per heavy atom. The summed E-state index contributed by atoms with van der Waals surface area (Å²) in [6.07, 6.45) is 8.38. The molecule has 0 amide bonds. The molecule has 1 rings (SSSR count). The molecule has 0 N–H and O–H groups in total. The number of hydrogen-bond donors (Lipinski definition) is 0. The summed E-state index contributed by atoms with van der Waals surface area (Å²) >= 11 is 0. The summed E-state index contributed by atoms with van der Waals surface area (Å²) in [5.41, 5.74) is 4.91. The number of aryl methyl sites for hydroxylation is 1. The van der Waals surface area contributed by atoms with E-state index in [1.54, 1.807) is 0 Å². The van der Waals surface area contributed by atoms with E-state index in [9.17, 15) is 0 Å². The maximum absolute atomic E-state index is 4.91. The van der Waals surface area contributed by atoms with Gasteiger partial charge in [0.05, 0.1) is 5.70 Å². The highest BCUT2D eigenvalue weighted by atomic mass is 14.8. The van der Waals surface area contributed by atoms with Crippen LogP contribution in [0.1, 0.15) is 70.9 Å². The first-order valence-electron chi connectivity index (χ1n) is 8.39. The Hall–Kier alpha value is -1.37. The van der Waals surface area contributed by atoms with Crippen LogP contribution >= 0.6 is 0 Å². The van der Waals surface area contributed by atoms with Crippen LogP contribution < -0.4 is 0 Å². The van der Waals surface area contributed by atoms with Crippen molar-refractivity contribution in [1.29, 1.82) is 0 Å². The largest absolute Gasteiger partial charge is 0.258 e. The Labute approximate surface area is 131 Å². The maximum atomic E-state index is 4.91. The van der Waals surface area contributed by atoms with E-state index in [2.05, 4.69) is 65.0 Å². The lowest BCUT2D eigenvalue weighted by molar-refractivity contribution is 0.698. The fraction of sp³-hybridized carbons (Fsp3) is 0.550. The highest BCUT2D eigenvalue weighted by Crippen LogP contribution is 2.21. The van der Waals surface area contributed by atoms with E-state index in [0.717, 1.165) is 18.5 Å². The third kappa shape index (κ3) is 6.75. The Morgan fingerprint density at radius 1 is 1.14 bits per heavy atom. The molecule has 116 valence electrons. The number of hydrogen-bond acceptors (Lipinski definition) is 1. The van der Waals surface area contributed by atoms with Crippen molar-refractivity contribution in [1.82, 2.24) is 0 Å². The van der Waals surface area contributed by atoms with Gasteiger partial charge in [0, 0.05) is 5.71 Å². The summed E-state index contributed by atoms with van der Waals surface area (Å²) in [6.45, 7) is 11.0. The van der Waals surface area contributed by atoms with Crippen LogP contribution in [0.2, 0.25) is 0 Å². The number of aliphatic imine (C=N–C) groups is 1. The molecule has 0 spiro atoms. The molecule has 0 radical (unpaired) electrons. The zero-order chi connectivity index (χ0) is 15.7. The van der Waals surface area contributed by atoms with Gasteiger partial charge in [-0.1, -0.05) is 75.9 Å². The van der Waals surface area contributed by atoms with Gasteiger partial charge < -0.3 is 0 Å². The van der Waals surface area contributed by atoms with Gasteiger partial charge in [-0.3, -0.25) is 4.99 Å². The van der Waals surface area contributed by atoms with Gasteiger partial charge in [0.15, 0.2) is 0 Å². The van der Waals surface area contributed by atoms with Crippen LogP contribution in [0.25, 0.3) is 5.70 Å². The van der Waals surface area contributed by atoms with Gasteiger partial charge in [-0.25, -0.2) is 0 Å². The van der Waals surface area contributed by atoms with Crippen molar-refractivity contribution in [3.05, 3.63) is 41.5 Å². The smallest absolute Gasteiger partial charge is 0.0664 e. The van der Waals surface area contributed by atoms with Crippen LogP contribution in [0.5, 0.6) is 0 Å². The van der Waals surface area contributed by atoms with Crippen LogP contribution in [0.4, 0.5) is 0 Å². The lowest BCUT2D eigenvalue weighted by atomic mass is 10.0. The molecular formula is C20H31N. The van der Waals surface area contributed by atoms with E-state index in [4.69, 9.17) is 4.99 Å². The van der Waals surface area contributed by atoms with Crippen LogP contribution in [0.3, 0.4) is 0 Å². The monoisotopic (exact) mass is 285 g/mol. The zero-order valence-electron chi connectivity index (χ0n) is 14.4. The van der Waals surface area contributed by atoms with Crippen molar-refractivity contribution in [3.63, 3.8) is 0 Å². The minimum Gasteiger partial charge on any atom is -0.258 e. The summed E-state index contributed by atoms with van der Waals surface area (Å²) in [6, 6.07) is 8.71. The maximum Gasteiger partial charge on any atom is 0.0664 e. The average Bonchev–Trinajstić information content (AvgIpc) is 2.47. The minimum atomic E-state index is 0.563. The molecular weight excluding hydrogens is 254 g/mol. The molecule has 0 saturated heterocycles. The van der Waals surface area contributed by atoms with Crippen molar-refractivity contribution in [2.24, 2.45) is 10.9 Å². The van der Waals surface area contributed by atoms with Gasteiger partial charge in [-0.2, -0.15) is 0 Å². The summed E-state index contributed by atoms with van der Waals surface area (Å²) in [7, 11) is 0. The second-order valence-electron chi connectivity index (χ2n) is 6.11. The molecule has 21 heavy (non-hydrogen) atoms. The molecule has 1 unspecified atom stereocenters. The van der Waals surface area contributed by atoms with Crippen LogP contribution in [0.15, 0.2) is 35.3 Å². The van der Waals surface area contributed by atoms with Crippen molar-refractivity contribution < 1.29 is 0 Å². The molecule has 1 atom stereocenters. The molecule has 0 heterocycles. The molecule has 0 aliphatic carbocycles. The topological polar surface area (TPSA) is 12.4 Å². The van der Waals surface area contributed by atoms with Gasteiger partial charge in [0.2, 0.25) is 0 Å². The van der Waals surface area contributed by atoms with E-state index in [1.807, 2.05) is 0 Å². The summed E-state index contributed by atoms with van der Waals surface area (Å²) in [5, 5.41) is 0. The van der Waals surface area contributed by atoms with E-state index in [-0.39, 0.29) is 0 Å². The molecule has 1 aromatic rings. The Balaban J connectivity index is 2.95. The van der Waals surface area contributed by atoms with E-state index < -0.39 is 0 Å². The standard InChI is InChI=1S/C20H31N/c1-6-8-9-10-18(5)21-20(15-16(3)7-2)19-13-11-17(4)12-14-19/h11-16H,6-10H2,1-5H3/b20-15-,21-18+. The lowest BCUT2D eigenvalue weighted by Gasteiger charge is -2.09. The van der Waals surface area contributed by atoms with Crippen molar-refractivity contribution in [3.8, 4) is 0 Å². The minimum absolute atomic E-state index is 0.563. The Kier molecular flexibility index (Phi) is 8.04. The van der Waals surface area contributed by atoms with E-state index in [1.165, 1.54) is 36.1 Å². The summed E-state index contributed by atoms with van der Waals surface area (Å²) in [4.78, 5) is 4.91. The molecule has 0 aliphatic rings. The van der Waals surface area contributed by atoms with Gasteiger partial charge in [-0.15, -0.1) is 0 Å². The molecule has 0 fully saturated rings. The number of allylic oxidation sites excluding steroid dienone is 1. The fourth-order valence-electron chi connectivity index (χ4n) is 2.20. The van der Waals surface area contributed by atoms with Crippen LogP contribution in [-0.2, 0) is 0 Å². The van der Waals surface area contributed by atoms with Gasteiger partial charge in [0.25, 0.3) is 0 Å². The number of unbranched alkanes of at least 4 members (excludes halogenated alkanes) is 2. The fourth-order valence-corrected chi connectivity index (χ4v) is 2.20. The van der Waals surface area contributed by atoms with Crippen molar-refractivity contribution in [2.75, 3.05) is 0 Å². The Bertz CT molecular complexity index is 465. The van der Waals surface area contributed by atoms with Crippen LogP contribution in [0, 0.1) is 12.8 Å². The predicted molar refractivity (Wildman–Crippen MR) is 95.9 cm³/mol. The quantitative estimate of drug-likeness (QED) is 0.386. The highest BCUT2D eigenvalue weighted by molar-refractivity contribution is 5.88.